The van der Waals surface area contributed by atoms with Crippen molar-refractivity contribution in [2.24, 2.45) is 5.92 Å². The maximum Gasteiger partial charge on any atom is 0.276 e. The third-order valence-electron chi connectivity index (χ3n) is 4.02. The van der Waals surface area contributed by atoms with Crippen LogP contribution in [0.5, 0.6) is 0 Å². The molecule has 1 aliphatic rings. The van der Waals surface area contributed by atoms with Gasteiger partial charge < -0.3 is 5.32 Å². The first kappa shape index (κ1) is 21.0. The summed E-state index contributed by atoms with van der Waals surface area (Å²) in [6.07, 6.45) is 2.02. The maximum atomic E-state index is 11.6. The molecule has 1 aromatic carbocycles. The maximum absolute atomic E-state index is 11.6. The Bertz CT molecular complexity index is 613. The van der Waals surface area contributed by atoms with Crippen LogP contribution in [0.15, 0.2) is 18.2 Å². The topological polar surface area (TPSA) is 70.2 Å². The smallest absolute Gasteiger partial charge is 0.276 e. The molecule has 1 heterocycles. The predicted octanol–water partition coefficient (Wildman–Crippen LogP) is 2.55. The zero-order chi connectivity index (χ0) is 16.2. The largest absolute Gasteiger partial charge is 0.316 e. The summed E-state index contributed by atoms with van der Waals surface area (Å²) < 4.78 is 28.0. The molecule has 1 aromatic rings. The van der Waals surface area contributed by atoms with E-state index in [1.165, 1.54) is 7.05 Å². The first-order valence-electron chi connectivity index (χ1n) is 7.26. The molecule has 0 amide bonds. The third-order valence-corrected chi connectivity index (χ3v) is 5.84. The molecule has 0 aromatic heterocycles. The van der Waals surface area contributed by atoms with E-state index in [9.17, 15) is 8.42 Å². The van der Waals surface area contributed by atoms with Crippen LogP contribution in [-0.2, 0) is 10.2 Å². The molecule has 9 heteroatoms. The van der Waals surface area contributed by atoms with E-state index in [-0.39, 0.29) is 24.2 Å². The second-order valence-electron chi connectivity index (χ2n) is 5.44. The van der Waals surface area contributed by atoms with Crippen molar-refractivity contribution in [2.75, 3.05) is 26.7 Å². The summed E-state index contributed by atoms with van der Waals surface area (Å²) in [5, 5.41) is 4.43. The highest BCUT2D eigenvalue weighted by Gasteiger charge is 2.26. The van der Waals surface area contributed by atoms with E-state index < -0.39 is 10.2 Å². The van der Waals surface area contributed by atoms with Gasteiger partial charge in [0.25, 0.3) is 10.2 Å². The molecular formula is C14H22Cl3N3O2S. The molecular weight excluding hydrogens is 381 g/mol. The fourth-order valence-electron chi connectivity index (χ4n) is 2.80. The summed E-state index contributed by atoms with van der Waals surface area (Å²) >= 11 is 12.1. The number of rotatable bonds is 5. The summed E-state index contributed by atoms with van der Waals surface area (Å²) in [5.74, 6) is 0.396. The van der Waals surface area contributed by atoms with Gasteiger partial charge in [-0.2, -0.15) is 8.42 Å². The number of halogens is 3. The van der Waals surface area contributed by atoms with E-state index in [4.69, 9.17) is 23.2 Å². The van der Waals surface area contributed by atoms with Crippen LogP contribution in [0.3, 0.4) is 0 Å². The lowest BCUT2D eigenvalue weighted by atomic mass is 9.83. The lowest BCUT2D eigenvalue weighted by molar-refractivity contribution is 0.411. The van der Waals surface area contributed by atoms with Crippen LogP contribution in [0.25, 0.3) is 0 Å². The van der Waals surface area contributed by atoms with Crippen molar-refractivity contribution >= 4 is 45.8 Å². The molecule has 23 heavy (non-hydrogen) atoms. The number of benzene rings is 1. The van der Waals surface area contributed by atoms with Gasteiger partial charge in [0.1, 0.15) is 0 Å². The van der Waals surface area contributed by atoms with Gasteiger partial charge in [0.15, 0.2) is 0 Å². The van der Waals surface area contributed by atoms with E-state index in [0.29, 0.717) is 16.6 Å². The van der Waals surface area contributed by atoms with Crippen LogP contribution >= 0.6 is 35.6 Å². The van der Waals surface area contributed by atoms with Gasteiger partial charge in [-0.25, -0.2) is 9.44 Å². The van der Waals surface area contributed by atoms with E-state index in [1.807, 2.05) is 12.1 Å². The molecule has 2 unspecified atom stereocenters. The highest BCUT2D eigenvalue weighted by Crippen LogP contribution is 2.34. The van der Waals surface area contributed by atoms with Crippen LogP contribution in [0.1, 0.15) is 24.3 Å². The van der Waals surface area contributed by atoms with Gasteiger partial charge in [0.05, 0.1) is 10.0 Å². The fraction of sp³-hybridized carbons (Fsp3) is 0.571. The Morgan fingerprint density at radius 1 is 1.30 bits per heavy atom. The minimum Gasteiger partial charge on any atom is -0.316 e. The molecule has 0 bridgehead atoms. The highest BCUT2D eigenvalue weighted by molar-refractivity contribution is 7.87. The van der Waals surface area contributed by atoms with Crippen LogP contribution in [0.4, 0.5) is 0 Å². The number of hydrogen-bond donors (Lipinski definition) is 3. The summed E-state index contributed by atoms with van der Waals surface area (Å²) in [4.78, 5) is 0. The van der Waals surface area contributed by atoms with E-state index in [1.54, 1.807) is 6.07 Å². The van der Waals surface area contributed by atoms with Gasteiger partial charge in [-0.05, 0) is 55.5 Å². The molecule has 0 radical (unpaired) electrons. The minimum atomic E-state index is -3.43. The Hall–Kier alpha value is -0.0800. The van der Waals surface area contributed by atoms with E-state index >= 15 is 0 Å². The van der Waals surface area contributed by atoms with E-state index in [0.717, 1.165) is 31.5 Å². The molecule has 5 nitrogen and oxygen atoms in total. The lowest BCUT2D eigenvalue weighted by Crippen LogP contribution is -2.40. The normalized spacial score (nSPS) is 22.2. The Kier molecular flexibility index (Phi) is 8.58. The summed E-state index contributed by atoms with van der Waals surface area (Å²) in [6, 6.07) is 5.66. The zero-order valence-corrected chi connectivity index (χ0v) is 16.0. The van der Waals surface area contributed by atoms with Crippen molar-refractivity contribution in [1.29, 1.82) is 0 Å². The second kappa shape index (κ2) is 9.42. The van der Waals surface area contributed by atoms with Crippen LogP contribution in [0.2, 0.25) is 10.0 Å². The molecule has 0 saturated carbocycles. The van der Waals surface area contributed by atoms with Crippen molar-refractivity contribution < 1.29 is 8.42 Å². The van der Waals surface area contributed by atoms with Gasteiger partial charge in [-0.15, -0.1) is 12.4 Å². The van der Waals surface area contributed by atoms with Crippen LogP contribution in [0, 0.1) is 5.92 Å². The summed E-state index contributed by atoms with van der Waals surface area (Å²) in [7, 11) is -2.03. The molecule has 0 spiro atoms. The molecule has 2 atom stereocenters. The van der Waals surface area contributed by atoms with Crippen molar-refractivity contribution in [3.8, 4) is 0 Å². The Labute approximate surface area is 154 Å². The van der Waals surface area contributed by atoms with Crippen molar-refractivity contribution in [2.45, 2.75) is 18.8 Å². The number of nitrogens with one attached hydrogen (secondary N) is 3. The molecule has 0 aliphatic carbocycles. The van der Waals surface area contributed by atoms with Gasteiger partial charge >= 0.3 is 0 Å². The van der Waals surface area contributed by atoms with Crippen molar-refractivity contribution in [3.63, 3.8) is 0 Å². The monoisotopic (exact) mass is 401 g/mol. The predicted molar refractivity (Wildman–Crippen MR) is 98.0 cm³/mol. The van der Waals surface area contributed by atoms with Gasteiger partial charge in [0, 0.05) is 13.6 Å². The standard InChI is InChI=1S/C14H21Cl2N3O2S.ClH/c1-17-22(20,21)19-9-11-8-18-6-2-3-12(11)10-4-5-13(15)14(16)7-10;/h4-5,7,11-12,17-19H,2-3,6,8-9H2,1H3;1H. The summed E-state index contributed by atoms with van der Waals surface area (Å²) in [6.45, 7) is 2.07. The van der Waals surface area contributed by atoms with Crippen molar-refractivity contribution in [3.05, 3.63) is 33.8 Å². The first-order valence-corrected chi connectivity index (χ1v) is 9.50. The van der Waals surface area contributed by atoms with Gasteiger partial charge in [0.2, 0.25) is 0 Å². The first-order chi connectivity index (χ1) is 10.4. The molecule has 1 aliphatic heterocycles. The Morgan fingerprint density at radius 2 is 2.04 bits per heavy atom. The average Bonchev–Trinajstić information content (AvgIpc) is 2.73. The third kappa shape index (κ3) is 6.05. The van der Waals surface area contributed by atoms with Crippen LogP contribution < -0.4 is 14.8 Å². The Morgan fingerprint density at radius 3 is 2.70 bits per heavy atom. The zero-order valence-electron chi connectivity index (χ0n) is 12.8. The van der Waals surface area contributed by atoms with Crippen LogP contribution in [-0.4, -0.2) is 35.1 Å². The average molecular weight is 403 g/mol. The molecule has 1 fully saturated rings. The van der Waals surface area contributed by atoms with Gasteiger partial charge in [-0.3, -0.25) is 0 Å². The lowest BCUT2D eigenvalue weighted by Gasteiger charge is -2.26. The number of hydrogen-bond acceptors (Lipinski definition) is 3. The Balaban J connectivity index is 0.00000264. The SMILES string of the molecule is CNS(=O)(=O)NCC1CNCCCC1c1ccc(Cl)c(Cl)c1.Cl. The fourth-order valence-corrected chi connectivity index (χ4v) is 3.68. The quantitative estimate of drug-likeness (QED) is 0.709. The molecule has 3 N–H and O–H groups in total. The summed E-state index contributed by atoms with van der Waals surface area (Å²) in [5.41, 5.74) is 1.10. The minimum absolute atomic E-state index is 0. The van der Waals surface area contributed by atoms with Crippen molar-refractivity contribution in [1.82, 2.24) is 14.8 Å². The highest BCUT2D eigenvalue weighted by atomic mass is 35.5. The molecule has 132 valence electrons. The second-order valence-corrected chi connectivity index (χ2v) is 7.96. The molecule has 1 saturated heterocycles. The van der Waals surface area contributed by atoms with E-state index in [2.05, 4.69) is 14.8 Å². The molecule has 2 rings (SSSR count). The van der Waals surface area contributed by atoms with Gasteiger partial charge in [-0.1, -0.05) is 29.3 Å².